The molecule has 2 aromatic rings. The van der Waals surface area contributed by atoms with Gasteiger partial charge in [0.25, 0.3) is 0 Å². The summed E-state index contributed by atoms with van der Waals surface area (Å²) in [6.07, 6.45) is 9.47. The average molecular weight is 494 g/mol. The average Bonchev–Trinajstić information content (AvgIpc) is 2.89. The number of hydrogen-bond acceptors (Lipinski definition) is 4. The van der Waals surface area contributed by atoms with Crippen LogP contribution < -0.4 is 15.4 Å². The van der Waals surface area contributed by atoms with Crippen LogP contribution in [0.5, 0.6) is 5.75 Å². The van der Waals surface area contributed by atoms with Crippen LogP contribution >= 0.6 is 0 Å². The SMILES string of the molecule is COc1ccc2c(c1)CCC1=C2N=C(CCC2CCCCC2)C(NC(=O)Cc2ccc(F)c(F)c2)N1. The first-order valence-electron chi connectivity index (χ1n) is 13.0. The summed E-state index contributed by atoms with van der Waals surface area (Å²) in [7, 11) is 1.67. The number of aryl methyl sites for hydroxylation is 1. The smallest absolute Gasteiger partial charge is 0.226 e. The second-order valence-electron chi connectivity index (χ2n) is 10.1. The number of nitrogens with zero attached hydrogens (tertiary/aromatic N) is 1. The van der Waals surface area contributed by atoms with Crippen molar-refractivity contribution in [3.8, 4) is 5.75 Å². The molecule has 0 spiro atoms. The van der Waals surface area contributed by atoms with E-state index in [2.05, 4.69) is 22.8 Å². The Kier molecular flexibility index (Phi) is 7.35. The predicted octanol–water partition coefficient (Wildman–Crippen LogP) is 5.68. The first kappa shape index (κ1) is 24.5. The van der Waals surface area contributed by atoms with Crippen LogP contribution in [0.25, 0.3) is 5.70 Å². The number of allylic oxidation sites excluding steroid dienone is 1. The van der Waals surface area contributed by atoms with Gasteiger partial charge in [0.15, 0.2) is 11.6 Å². The minimum atomic E-state index is -0.946. The van der Waals surface area contributed by atoms with Crippen molar-refractivity contribution in [2.24, 2.45) is 10.9 Å². The fraction of sp³-hybridized carbons (Fsp3) is 0.448. The van der Waals surface area contributed by atoms with Crippen LogP contribution in [-0.2, 0) is 17.6 Å². The molecule has 1 aliphatic heterocycles. The van der Waals surface area contributed by atoms with Crippen LogP contribution in [0.1, 0.15) is 68.1 Å². The van der Waals surface area contributed by atoms with Crippen LogP contribution in [0.2, 0.25) is 0 Å². The summed E-state index contributed by atoms with van der Waals surface area (Å²) >= 11 is 0. The molecule has 0 aromatic heterocycles. The van der Waals surface area contributed by atoms with Crippen molar-refractivity contribution < 1.29 is 18.3 Å². The summed E-state index contributed by atoms with van der Waals surface area (Å²) in [5.41, 5.74) is 5.64. The van der Waals surface area contributed by atoms with E-state index < -0.39 is 17.8 Å². The van der Waals surface area contributed by atoms with Crippen molar-refractivity contribution in [1.29, 1.82) is 0 Å². The molecule has 1 heterocycles. The molecule has 2 aromatic carbocycles. The number of halogens is 2. The molecule has 1 saturated carbocycles. The van der Waals surface area contributed by atoms with Gasteiger partial charge in [-0.25, -0.2) is 8.78 Å². The number of methoxy groups -OCH3 is 1. The van der Waals surface area contributed by atoms with Crippen molar-refractivity contribution >= 4 is 17.3 Å². The summed E-state index contributed by atoms with van der Waals surface area (Å²) in [4.78, 5) is 18.0. The maximum absolute atomic E-state index is 13.6. The Labute approximate surface area is 211 Å². The van der Waals surface area contributed by atoms with E-state index in [1.165, 1.54) is 43.7 Å². The van der Waals surface area contributed by atoms with Crippen LogP contribution in [-0.4, -0.2) is 24.9 Å². The maximum Gasteiger partial charge on any atom is 0.226 e. The Balaban J connectivity index is 1.36. The molecule has 0 radical (unpaired) electrons. The Morgan fingerprint density at radius 3 is 2.69 bits per heavy atom. The Bertz CT molecular complexity index is 1200. The van der Waals surface area contributed by atoms with Crippen molar-refractivity contribution in [2.45, 2.75) is 70.4 Å². The molecule has 7 heteroatoms. The number of carbonyl (C=O) groups is 1. The number of nitrogens with one attached hydrogen (secondary N) is 2. The van der Waals surface area contributed by atoms with Gasteiger partial charge < -0.3 is 15.4 Å². The maximum atomic E-state index is 13.6. The first-order valence-corrected chi connectivity index (χ1v) is 13.0. The lowest BCUT2D eigenvalue weighted by atomic mass is 9.85. The number of aliphatic imine (C=N–C) groups is 1. The quantitative estimate of drug-likeness (QED) is 0.522. The van der Waals surface area contributed by atoms with Crippen molar-refractivity contribution in [2.75, 3.05) is 7.11 Å². The van der Waals surface area contributed by atoms with Gasteiger partial charge in [-0.2, -0.15) is 0 Å². The third kappa shape index (κ3) is 5.45. The molecule has 0 bridgehead atoms. The van der Waals surface area contributed by atoms with E-state index in [-0.39, 0.29) is 12.3 Å². The fourth-order valence-electron chi connectivity index (χ4n) is 5.60. The molecule has 1 amide bonds. The second kappa shape index (κ2) is 10.8. The third-order valence-electron chi connectivity index (χ3n) is 7.59. The van der Waals surface area contributed by atoms with Gasteiger partial charge in [-0.15, -0.1) is 0 Å². The molecule has 2 N–H and O–H groups in total. The lowest BCUT2D eigenvalue weighted by Crippen LogP contribution is -2.52. The van der Waals surface area contributed by atoms with E-state index in [1.54, 1.807) is 7.11 Å². The van der Waals surface area contributed by atoms with Gasteiger partial charge in [0.05, 0.1) is 24.9 Å². The van der Waals surface area contributed by atoms with Gasteiger partial charge in [-0.1, -0.05) is 38.2 Å². The lowest BCUT2D eigenvalue weighted by molar-refractivity contribution is -0.120. The highest BCUT2D eigenvalue weighted by atomic mass is 19.2. The number of carbonyl (C=O) groups excluding carboxylic acids is 1. The molecule has 1 unspecified atom stereocenters. The minimum absolute atomic E-state index is 0.0280. The highest BCUT2D eigenvalue weighted by Crippen LogP contribution is 2.36. The second-order valence-corrected chi connectivity index (χ2v) is 10.1. The topological polar surface area (TPSA) is 62.7 Å². The van der Waals surface area contributed by atoms with Gasteiger partial charge in [0.1, 0.15) is 11.9 Å². The highest BCUT2D eigenvalue weighted by molar-refractivity contribution is 5.99. The number of benzene rings is 2. The Morgan fingerprint density at radius 2 is 1.92 bits per heavy atom. The molecule has 1 atom stereocenters. The Morgan fingerprint density at radius 1 is 1.08 bits per heavy atom. The first-order chi connectivity index (χ1) is 17.5. The number of rotatable bonds is 7. The monoisotopic (exact) mass is 493 g/mol. The van der Waals surface area contributed by atoms with Gasteiger partial charge in [-0.3, -0.25) is 9.79 Å². The molecule has 5 rings (SSSR count). The van der Waals surface area contributed by atoms with E-state index in [1.807, 2.05) is 6.07 Å². The molecular formula is C29H33F2N3O2. The Hall–Kier alpha value is -3.22. The number of fused-ring (bicyclic) bond motifs is 2. The van der Waals surface area contributed by atoms with Crippen LogP contribution in [0, 0.1) is 17.6 Å². The molecule has 5 nitrogen and oxygen atoms in total. The van der Waals surface area contributed by atoms with Crippen molar-refractivity contribution in [1.82, 2.24) is 10.6 Å². The lowest BCUT2D eigenvalue weighted by Gasteiger charge is -2.33. The molecule has 36 heavy (non-hydrogen) atoms. The summed E-state index contributed by atoms with van der Waals surface area (Å²) in [6, 6.07) is 9.67. The molecular weight excluding hydrogens is 460 g/mol. The summed E-state index contributed by atoms with van der Waals surface area (Å²) < 4.78 is 32.3. The van der Waals surface area contributed by atoms with E-state index >= 15 is 0 Å². The number of hydrogen-bond donors (Lipinski definition) is 2. The molecule has 3 aliphatic rings. The van der Waals surface area contributed by atoms with Crippen molar-refractivity contribution in [3.63, 3.8) is 0 Å². The van der Waals surface area contributed by atoms with E-state index in [4.69, 9.17) is 9.73 Å². The van der Waals surface area contributed by atoms with Gasteiger partial charge in [0, 0.05) is 11.3 Å². The van der Waals surface area contributed by atoms with Gasteiger partial charge in [-0.05, 0) is 73.1 Å². The minimum Gasteiger partial charge on any atom is -0.497 e. The largest absolute Gasteiger partial charge is 0.497 e. The van der Waals surface area contributed by atoms with E-state index in [9.17, 15) is 13.6 Å². The molecule has 0 saturated heterocycles. The summed E-state index contributed by atoms with van der Waals surface area (Å²) in [5.74, 6) is -0.587. The third-order valence-corrected chi connectivity index (χ3v) is 7.59. The zero-order chi connectivity index (χ0) is 25.1. The standard InChI is InChI=1S/C29H33F2N3O2/c1-36-21-10-11-22-20(17-21)9-14-25-28(22)32-26(13-8-18-5-3-2-4-6-18)29(33-25)34-27(35)16-19-7-12-23(30)24(31)15-19/h7,10-12,15,17-18,29,33H,2-6,8-9,13-14,16H2,1H3,(H,34,35). The van der Waals surface area contributed by atoms with E-state index in [0.29, 0.717) is 11.5 Å². The van der Waals surface area contributed by atoms with E-state index in [0.717, 1.165) is 66.2 Å². The van der Waals surface area contributed by atoms with Crippen molar-refractivity contribution in [3.05, 3.63) is 70.4 Å². The fourth-order valence-corrected chi connectivity index (χ4v) is 5.60. The number of ether oxygens (including phenoxy) is 1. The highest BCUT2D eigenvalue weighted by Gasteiger charge is 2.30. The van der Waals surface area contributed by atoms with Crippen LogP contribution in [0.3, 0.4) is 0 Å². The normalized spacial score (nSPS) is 19.6. The van der Waals surface area contributed by atoms with Gasteiger partial charge >= 0.3 is 0 Å². The zero-order valence-corrected chi connectivity index (χ0v) is 20.7. The molecule has 1 fully saturated rings. The number of amides is 1. The molecule has 2 aliphatic carbocycles. The predicted molar refractivity (Wildman–Crippen MR) is 137 cm³/mol. The molecule has 190 valence electrons. The summed E-state index contributed by atoms with van der Waals surface area (Å²) in [6.45, 7) is 0. The zero-order valence-electron chi connectivity index (χ0n) is 20.7. The van der Waals surface area contributed by atoms with Crippen LogP contribution in [0.15, 0.2) is 47.1 Å². The summed E-state index contributed by atoms with van der Waals surface area (Å²) in [5, 5.41) is 6.61. The van der Waals surface area contributed by atoms with Gasteiger partial charge in [0.2, 0.25) is 5.91 Å². The van der Waals surface area contributed by atoms with Crippen LogP contribution in [0.4, 0.5) is 8.78 Å².